The van der Waals surface area contributed by atoms with Crippen molar-refractivity contribution < 1.29 is 36.6 Å². The topological polar surface area (TPSA) is 114 Å². The first-order valence-electron chi connectivity index (χ1n) is 12.3. The van der Waals surface area contributed by atoms with Gasteiger partial charge in [-0.2, -0.15) is 0 Å². The van der Waals surface area contributed by atoms with Crippen molar-refractivity contribution in [1.82, 2.24) is 10.2 Å². The molecule has 10 nitrogen and oxygen atoms in total. The molecule has 41 heavy (non-hydrogen) atoms. The van der Waals surface area contributed by atoms with E-state index in [1.54, 1.807) is 6.07 Å². The average molecular weight is 608 g/mol. The highest BCUT2D eigenvalue weighted by Gasteiger charge is 2.34. The van der Waals surface area contributed by atoms with Crippen molar-refractivity contribution in [2.24, 2.45) is 0 Å². The van der Waals surface area contributed by atoms with Gasteiger partial charge in [0.25, 0.3) is 10.0 Å². The molecule has 1 unspecified atom stereocenters. The van der Waals surface area contributed by atoms with E-state index in [-0.39, 0.29) is 39.2 Å². The lowest BCUT2D eigenvalue weighted by Crippen LogP contribution is -2.50. The van der Waals surface area contributed by atoms with Crippen LogP contribution in [0.15, 0.2) is 65.6 Å². The van der Waals surface area contributed by atoms with Crippen LogP contribution in [0.25, 0.3) is 0 Å². The van der Waals surface area contributed by atoms with Gasteiger partial charge in [-0.05, 0) is 43.3 Å². The second-order valence-electron chi connectivity index (χ2n) is 8.75. The Labute approximate surface area is 243 Å². The van der Waals surface area contributed by atoms with E-state index in [0.29, 0.717) is 5.75 Å². The van der Waals surface area contributed by atoms with Gasteiger partial charge in [-0.15, -0.1) is 0 Å². The van der Waals surface area contributed by atoms with Crippen LogP contribution in [0, 0.1) is 5.82 Å². The monoisotopic (exact) mass is 607 g/mol. The summed E-state index contributed by atoms with van der Waals surface area (Å²) in [6.45, 7) is 0.394. The minimum absolute atomic E-state index is 0.0263. The van der Waals surface area contributed by atoms with Crippen LogP contribution in [0.3, 0.4) is 0 Å². The van der Waals surface area contributed by atoms with Crippen molar-refractivity contribution in [2.75, 3.05) is 39.2 Å². The summed E-state index contributed by atoms with van der Waals surface area (Å²) < 4.78 is 59.6. The van der Waals surface area contributed by atoms with Gasteiger partial charge in [0, 0.05) is 30.2 Å². The van der Waals surface area contributed by atoms with Crippen LogP contribution in [0.1, 0.15) is 12.5 Å². The van der Waals surface area contributed by atoms with Crippen molar-refractivity contribution in [3.05, 3.63) is 77.1 Å². The van der Waals surface area contributed by atoms with Crippen molar-refractivity contribution in [3.8, 4) is 17.2 Å². The predicted molar refractivity (Wildman–Crippen MR) is 153 cm³/mol. The molecule has 0 spiro atoms. The third-order valence-corrected chi connectivity index (χ3v) is 8.33. The molecular weight excluding hydrogens is 577 g/mol. The van der Waals surface area contributed by atoms with Crippen LogP contribution in [0.5, 0.6) is 17.2 Å². The van der Waals surface area contributed by atoms with Gasteiger partial charge in [-0.25, -0.2) is 12.8 Å². The number of methoxy groups -OCH3 is 3. The minimum atomic E-state index is -4.49. The fraction of sp³-hybridized carbons (Fsp3) is 0.286. The molecule has 0 radical (unpaired) electrons. The van der Waals surface area contributed by atoms with Gasteiger partial charge in [0.15, 0.2) is 11.5 Å². The molecule has 0 saturated heterocycles. The highest BCUT2D eigenvalue weighted by Crippen LogP contribution is 2.37. The van der Waals surface area contributed by atoms with Gasteiger partial charge in [0.2, 0.25) is 11.8 Å². The lowest BCUT2D eigenvalue weighted by molar-refractivity contribution is -0.139. The van der Waals surface area contributed by atoms with Crippen molar-refractivity contribution in [2.45, 2.75) is 24.4 Å². The summed E-state index contributed by atoms with van der Waals surface area (Å²) in [6.07, 6.45) is 0. The molecule has 2 amide bonds. The molecule has 0 aliphatic heterocycles. The lowest BCUT2D eigenvalue weighted by atomic mass is 10.1. The van der Waals surface area contributed by atoms with Crippen LogP contribution < -0.4 is 23.8 Å². The number of benzene rings is 3. The molecule has 0 aromatic heterocycles. The van der Waals surface area contributed by atoms with E-state index < -0.39 is 40.2 Å². The Balaban J connectivity index is 2.16. The number of anilines is 1. The molecule has 0 fully saturated rings. The molecule has 1 N–H and O–H groups in total. The van der Waals surface area contributed by atoms with E-state index in [4.69, 9.17) is 25.8 Å². The Morgan fingerprint density at radius 3 is 2.20 bits per heavy atom. The number of carbonyl (C=O) groups excluding carboxylic acids is 2. The Hall–Kier alpha value is -4.03. The summed E-state index contributed by atoms with van der Waals surface area (Å²) in [5.74, 6) is -1.33. The zero-order chi connectivity index (χ0) is 30.3. The number of sulfonamides is 1. The number of hydrogen-bond donors (Lipinski definition) is 1. The Kier molecular flexibility index (Phi) is 10.4. The van der Waals surface area contributed by atoms with Crippen LogP contribution >= 0.6 is 11.6 Å². The SMILES string of the molecule is CNC(=O)C(C)N(Cc1ccccc1F)C(=O)CN(c1cc(Cl)ccc1OC)S(=O)(=O)c1ccc(OC)c(OC)c1. The van der Waals surface area contributed by atoms with Crippen LogP contribution in [-0.2, 0) is 26.2 Å². The summed E-state index contributed by atoms with van der Waals surface area (Å²) in [7, 11) is 1.02. The largest absolute Gasteiger partial charge is 0.495 e. The maximum atomic E-state index is 14.6. The second kappa shape index (κ2) is 13.6. The highest BCUT2D eigenvalue weighted by molar-refractivity contribution is 7.92. The zero-order valence-electron chi connectivity index (χ0n) is 23.2. The first-order chi connectivity index (χ1) is 19.5. The quantitative estimate of drug-likeness (QED) is 0.332. The van der Waals surface area contributed by atoms with Gasteiger partial charge >= 0.3 is 0 Å². The number of rotatable bonds is 12. The van der Waals surface area contributed by atoms with Gasteiger partial charge in [0.05, 0.1) is 31.9 Å². The number of carbonyl (C=O) groups is 2. The van der Waals surface area contributed by atoms with E-state index in [0.717, 1.165) is 9.21 Å². The Bertz CT molecular complexity index is 1520. The molecule has 3 rings (SSSR count). The second-order valence-corrected chi connectivity index (χ2v) is 11.0. The summed E-state index contributed by atoms with van der Waals surface area (Å²) in [6, 6.07) is 13.0. The molecule has 0 aliphatic rings. The summed E-state index contributed by atoms with van der Waals surface area (Å²) in [4.78, 5) is 27.4. The number of halogens is 2. The van der Waals surface area contributed by atoms with Gasteiger partial charge in [0.1, 0.15) is 24.2 Å². The summed E-state index contributed by atoms with van der Waals surface area (Å²) in [5, 5.41) is 2.65. The van der Waals surface area contributed by atoms with Crippen molar-refractivity contribution in [3.63, 3.8) is 0 Å². The van der Waals surface area contributed by atoms with E-state index in [9.17, 15) is 22.4 Å². The fourth-order valence-corrected chi connectivity index (χ4v) is 5.68. The summed E-state index contributed by atoms with van der Waals surface area (Å²) >= 11 is 6.23. The number of likely N-dealkylation sites (N-methyl/N-ethyl adjacent to an activating group) is 1. The molecular formula is C28H31ClFN3O7S. The first-order valence-corrected chi connectivity index (χ1v) is 14.1. The van der Waals surface area contributed by atoms with Gasteiger partial charge < -0.3 is 24.4 Å². The average Bonchev–Trinajstić information content (AvgIpc) is 2.97. The van der Waals surface area contributed by atoms with E-state index in [2.05, 4.69) is 5.32 Å². The van der Waals surface area contributed by atoms with Gasteiger partial charge in [-0.3, -0.25) is 13.9 Å². The first kappa shape index (κ1) is 31.5. The molecule has 0 aliphatic carbocycles. The number of hydrogen-bond acceptors (Lipinski definition) is 7. The standard InChI is InChI=1S/C28H31ClFN3O7S/c1-18(28(35)31-2)32(16-19-8-6-7-9-22(19)30)27(34)17-33(23-14-20(29)10-12-24(23)38-3)41(36,37)21-11-13-25(39-4)26(15-21)40-5/h6-15,18H,16-17H2,1-5H3,(H,31,35). The molecule has 0 bridgehead atoms. The van der Waals surface area contributed by atoms with Crippen molar-refractivity contribution >= 4 is 39.1 Å². The molecule has 1 atom stereocenters. The van der Waals surface area contributed by atoms with Gasteiger partial charge in [-0.1, -0.05) is 29.8 Å². The Morgan fingerprint density at radius 1 is 0.951 bits per heavy atom. The highest BCUT2D eigenvalue weighted by atomic mass is 35.5. The van der Waals surface area contributed by atoms with Crippen molar-refractivity contribution in [1.29, 1.82) is 0 Å². The van der Waals surface area contributed by atoms with Crippen LogP contribution in [-0.4, -0.2) is 66.1 Å². The third-order valence-electron chi connectivity index (χ3n) is 6.34. The third kappa shape index (κ3) is 7.01. The smallest absolute Gasteiger partial charge is 0.265 e. The van der Waals surface area contributed by atoms with E-state index >= 15 is 0 Å². The zero-order valence-corrected chi connectivity index (χ0v) is 24.8. The van der Waals surface area contributed by atoms with Crippen LogP contribution in [0.2, 0.25) is 5.02 Å². The Morgan fingerprint density at radius 2 is 1.59 bits per heavy atom. The molecule has 3 aromatic rings. The maximum absolute atomic E-state index is 14.6. The summed E-state index contributed by atoms with van der Waals surface area (Å²) in [5.41, 5.74) is 0.118. The predicted octanol–water partition coefficient (Wildman–Crippen LogP) is 3.86. The molecule has 0 heterocycles. The lowest BCUT2D eigenvalue weighted by Gasteiger charge is -2.32. The maximum Gasteiger partial charge on any atom is 0.265 e. The van der Waals surface area contributed by atoms with Crippen LogP contribution in [0.4, 0.5) is 10.1 Å². The molecule has 220 valence electrons. The van der Waals surface area contributed by atoms with E-state index in [1.165, 1.54) is 89.9 Å². The minimum Gasteiger partial charge on any atom is -0.495 e. The number of nitrogens with one attached hydrogen (secondary N) is 1. The molecule has 0 saturated carbocycles. The molecule has 13 heteroatoms. The normalized spacial score (nSPS) is 11.8. The number of amides is 2. The fourth-order valence-electron chi connectivity index (χ4n) is 4.08. The molecule has 3 aromatic carbocycles. The van der Waals surface area contributed by atoms with E-state index in [1.807, 2.05) is 0 Å². The number of ether oxygens (including phenoxy) is 3. The number of nitrogens with zero attached hydrogens (tertiary/aromatic N) is 2.